The second kappa shape index (κ2) is 9.99. The van der Waals surface area contributed by atoms with Gasteiger partial charge in [-0.15, -0.1) is 0 Å². The van der Waals surface area contributed by atoms with Gasteiger partial charge in [-0.2, -0.15) is 10.5 Å². The van der Waals surface area contributed by atoms with Crippen LogP contribution in [0.5, 0.6) is 0 Å². The van der Waals surface area contributed by atoms with Crippen molar-refractivity contribution in [2.24, 2.45) is 10.9 Å². The molecule has 0 fully saturated rings. The molecule has 0 spiro atoms. The molecule has 3 rings (SSSR count). The molecule has 1 atom stereocenters. The monoisotopic (exact) mass is 379 g/mol. The lowest BCUT2D eigenvalue weighted by Crippen LogP contribution is -2.34. The SMILES string of the molecule is N#CCN=CC(C#N)COC(c1ccccc1)(c1ccccc1)c1ccccc1. The molecule has 0 saturated heterocycles. The first-order valence-corrected chi connectivity index (χ1v) is 9.38. The van der Waals surface area contributed by atoms with E-state index in [-0.39, 0.29) is 13.2 Å². The average Bonchev–Trinajstić information content (AvgIpc) is 2.80. The summed E-state index contributed by atoms with van der Waals surface area (Å²) in [5, 5.41) is 18.2. The Balaban J connectivity index is 2.10. The number of nitriles is 2. The largest absolute Gasteiger partial charge is 0.359 e. The maximum absolute atomic E-state index is 9.53. The van der Waals surface area contributed by atoms with Crippen molar-refractivity contribution >= 4 is 6.21 Å². The number of aliphatic imine (C=N–C) groups is 1. The minimum absolute atomic E-state index is 0.0272. The molecule has 0 bridgehead atoms. The van der Waals surface area contributed by atoms with Crippen LogP contribution in [0.4, 0.5) is 0 Å². The van der Waals surface area contributed by atoms with E-state index in [1.165, 1.54) is 6.21 Å². The van der Waals surface area contributed by atoms with Crippen molar-refractivity contribution in [3.05, 3.63) is 108 Å². The first kappa shape index (κ1) is 20.0. The summed E-state index contributed by atoms with van der Waals surface area (Å²) < 4.78 is 6.58. The van der Waals surface area contributed by atoms with Gasteiger partial charge in [-0.25, -0.2) is 0 Å². The van der Waals surface area contributed by atoms with Crippen LogP contribution >= 0.6 is 0 Å². The smallest absolute Gasteiger partial charge is 0.143 e. The van der Waals surface area contributed by atoms with Gasteiger partial charge in [0.1, 0.15) is 18.1 Å². The minimum atomic E-state index is -0.873. The molecule has 0 amide bonds. The van der Waals surface area contributed by atoms with Crippen LogP contribution in [0.3, 0.4) is 0 Å². The summed E-state index contributed by atoms with van der Waals surface area (Å²) >= 11 is 0. The zero-order chi connectivity index (χ0) is 20.4. The van der Waals surface area contributed by atoms with Crippen molar-refractivity contribution in [1.82, 2.24) is 0 Å². The maximum atomic E-state index is 9.53. The van der Waals surface area contributed by atoms with Crippen molar-refractivity contribution in [2.75, 3.05) is 13.2 Å². The van der Waals surface area contributed by atoms with E-state index in [1.54, 1.807) is 0 Å². The number of nitrogens with zero attached hydrogens (tertiary/aromatic N) is 3. The van der Waals surface area contributed by atoms with Gasteiger partial charge >= 0.3 is 0 Å². The fraction of sp³-hybridized carbons (Fsp3) is 0.160. The van der Waals surface area contributed by atoms with E-state index in [0.29, 0.717) is 0 Å². The molecule has 4 nitrogen and oxygen atoms in total. The van der Waals surface area contributed by atoms with Crippen molar-refractivity contribution in [3.8, 4) is 12.1 Å². The molecule has 3 aromatic rings. The van der Waals surface area contributed by atoms with Crippen LogP contribution in [0.15, 0.2) is 96.0 Å². The molecule has 4 heteroatoms. The van der Waals surface area contributed by atoms with Gasteiger partial charge in [0, 0.05) is 6.21 Å². The zero-order valence-corrected chi connectivity index (χ0v) is 16.0. The predicted octanol–water partition coefficient (Wildman–Crippen LogP) is 4.73. The van der Waals surface area contributed by atoms with Crippen LogP contribution in [0.1, 0.15) is 16.7 Å². The van der Waals surface area contributed by atoms with E-state index in [2.05, 4.69) is 11.1 Å². The minimum Gasteiger partial charge on any atom is -0.359 e. The van der Waals surface area contributed by atoms with Crippen molar-refractivity contribution in [3.63, 3.8) is 0 Å². The Bertz CT molecular complexity index is 906. The van der Waals surface area contributed by atoms with Gasteiger partial charge < -0.3 is 4.74 Å². The molecule has 0 saturated carbocycles. The third kappa shape index (κ3) is 4.58. The second-order valence-electron chi connectivity index (χ2n) is 6.47. The van der Waals surface area contributed by atoms with Crippen LogP contribution in [-0.4, -0.2) is 19.4 Å². The summed E-state index contributed by atoms with van der Waals surface area (Å²) in [6, 6.07) is 34.1. The molecule has 0 aliphatic rings. The first-order valence-electron chi connectivity index (χ1n) is 9.38. The number of rotatable bonds is 8. The Labute approximate surface area is 171 Å². The highest BCUT2D eigenvalue weighted by Gasteiger charge is 2.37. The van der Waals surface area contributed by atoms with Gasteiger partial charge in [0.15, 0.2) is 0 Å². The normalized spacial score (nSPS) is 12.2. The summed E-state index contributed by atoms with van der Waals surface area (Å²) in [5.41, 5.74) is 2.05. The first-order chi connectivity index (χ1) is 14.3. The molecule has 3 aromatic carbocycles. The van der Waals surface area contributed by atoms with Crippen molar-refractivity contribution < 1.29 is 4.74 Å². The van der Waals surface area contributed by atoms with E-state index in [1.807, 2.05) is 97.1 Å². The van der Waals surface area contributed by atoms with Gasteiger partial charge in [-0.1, -0.05) is 91.0 Å². The third-order valence-electron chi connectivity index (χ3n) is 4.63. The Kier molecular flexibility index (Phi) is 6.90. The Morgan fingerprint density at radius 1 is 0.793 bits per heavy atom. The molecule has 1 unspecified atom stereocenters. The number of ether oxygens (including phenoxy) is 1. The van der Waals surface area contributed by atoms with Gasteiger partial charge in [0.05, 0.1) is 18.7 Å². The summed E-state index contributed by atoms with van der Waals surface area (Å²) in [6.07, 6.45) is 1.50. The molecule has 0 aromatic heterocycles. The lowest BCUT2D eigenvalue weighted by atomic mass is 9.80. The van der Waals surface area contributed by atoms with E-state index >= 15 is 0 Å². The molecular weight excluding hydrogens is 358 g/mol. The molecule has 0 aliphatic heterocycles. The van der Waals surface area contributed by atoms with Crippen molar-refractivity contribution in [2.45, 2.75) is 5.60 Å². The molecule has 29 heavy (non-hydrogen) atoms. The van der Waals surface area contributed by atoms with Crippen LogP contribution < -0.4 is 0 Å². The van der Waals surface area contributed by atoms with Gasteiger partial charge in [0.2, 0.25) is 0 Å². The molecular formula is C25H21N3O. The standard InChI is InChI=1S/C25H21N3O/c26-16-17-28-19-21(18-27)20-29-25(22-10-4-1-5-11-22,23-12-6-2-7-13-23)24-14-8-3-9-15-24/h1-15,19,21H,17,20H2. The molecule has 0 N–H and O–H groups in total. The molecule has 0 heterocycles. The average molecular weight is 379 g/mol. The van der Waals surface area contributed by atoms with E-state index in [0.717, 1.165) is 16.7 Å². The van der Waals surface area contributed by atoms with Crippen LogP contribution in [0.2, 0.25) is 0 Å². The third-order valence-corrected chi connectivity index (χ3v) is 4.63. The van der Waals surface area contributed by atoms with E-state index in [4.69, 9.17) is 10.00 Å². The molecule has 0 radical (unpaired) electrons. The van der Waals surface area contributed by atoms with Crippen LogP contribution in [-0.2, 0) is 10.3 Å². The predicted molar refractivity (Wildman–Crippen MR) is 113 cm³/mol. The number of hydrogen-bond donors (Lipinski definition) is 0. The Hall–Kier alpha value is -3.73. The van der Waals surface area contributed by atoms with Crippen LogP contribution in [0.25, 0.3) is 0 Å². The highest BCUT2D eigenvalue weighted by Crippen LogP contribution is 2.40. The Morgan fingerprint density at radius 3 is 1.62 bits per heavy atom. The number of benzene rings is 3. The van der Waals surface area contributed by atoms with E-state index < -0.39 is 11.5 Å². The lowest BCUT2D eigenvalue weighted by molar-refractivity contribution is 0.00918. The fourth-order valence-corrected chi connectivity index (χ4v) is 3.32. The van der Waals surface area contributed by atoms with E-state index in [9.17, 15) is 5.26 Å². The zero-order valence-electron chi connectivity index (χ0n) is 16.0. The van der Waals surface area contributed by atoms with Crippen molar-refractivity contribution in [1.29, 1.82) is 10.5 Å². The summed E-state index contributed by atoms with van der Waals surface area (Å²) in [5.74, 6) is -0.557. The van der Waals surface area contributed by atoms with Gasteiger partial charge in [-0.05, 0) is 16.7 Å². The topological polar surface area (TPSA) is 69.2 Å². The highest BCUT2D eigenvalue weighted by molar-refractivity contribution is 5.64. The number of hydrogen-bond acceptors (Lipinski definition) is 4. The highest BCUT2D eigenvalue weighted by atomic mass is 16.5. The summed E-state index contributed by atoms with van der Waals surface area (Å²) in [4.78, 5) is 3.99. The van der Waals surface area contributed by atoms with Crippen LogP contribution in [0, 0.1) is 28.6 Å². The second-order valence-corrected chi connectivity index (χ2v) is 6.47. The quantitative estimate of drug-likeness (QED) is 0.323. The van der Waals surface area contributed by atoms with Gasteiger partial charge in [-0.3, -0.25) is 4.99 Å². The molecule has 142 valence electrons. The van der Waals surface area contributed by atoms with Gasteiger partial charge in [0.25, 0.3) is 0 Å². The summed E-state index contributed by atoms with van der Waals surface area (Å²) in [6.45, 7) is 0.170. The lowest BCUT2D eigenvalue weighted by Gasteiger charge is -2.36. The fourth-order valence-electron chi connectivity index (χ4n) is 3.32. The molecule has 0 aliphatic carbocycles. The summed E-state index contributed by atoms with van der Waals surface area (Å²) in [7, 11) is 0. The maximum Gasteiger partial charge on any atom is 0.143 e. The Morgan fingerprint density at radius 2 is 1.24 bits per heavy atom.